The summed E-state index contributed by atoms with van der Waals surface area (Å²) in [6.07, 6.45) is 0. The molecule has 0 aliphatic carbocycles. The maximum absolute atomic E-state index is 8.55. The quantitative estimate of drug-likeness (QED) is 0.350. The van der Waals surface area contributed by atoms with Crippen LogP contribution in [-0.2, 0) is 4.57 Å². The molecule has 2 radical (unpaired) electrons. The van der Waals surface area contributed by atoms with Crippen molar-refractivity contribution in [3.05, 3.63) is 0 Å². The second kappa shape index (κ2) is 3.09. The van der Waals surface area contributed by atoms with Crippen LogP contribution >= 0.6 is 7.82 Å². The van der Waals surface area contributed by atoms with Gasteiger partial charge in [0.2, 0.25) is 0 Å². The Balaban J connectivity index is -0.0000000800. The molecule has 0 rings (SSSR count). The van der Waals surface area contributed by atoms with Gasteiger partial charge in [-0.05, 0) is 0 Å². The van der Waals surface area contributed by atoms with Crippen molar-refractivity contribution >= 4 is 35.1 Å². The molecule has 0 fully saturated rings. The van der Waals surface area contributed by atoms with Crippen LogP contribution in [0.1, 0.15) is 1.43 Å². The Hall–Kier alpha value is 1.03. The topological polar surface area (TPSA) is 86.2 Å². The van der Waals surface area contributed by atoms with E-state index in [9.17, 15) is 0 Å². The maximum Gasteiger partial charge on any atom is 2.00 e. The van der Waals surface area contributed by atoms with Crippen molar-refractivity contribution in [3.8, 4) is 0 Å². The van der Waals surface area contributed by atoms with Crippen molar-refractivity contribution in [2.24, 2.45) is 0 Å². The predicted molar refractivity (Wildman–Crippen MR) is 14.5 cm³/mol. The molecular formula is HO4PPb. The first-order valence-corrected chi connectivity index (χ1v) is 2.19. The molecule has 0 N–H and O–H groups in total. The normalized spacial score (nSPS) is 9.83. The van der Waals surface area contributed by atoms with Crippen molar-refractivity contribution in [3.63, 3.8) is 0 Å². The van der Waals surface area contributed by atoms with Crippen LogP contribution in [0.4, 0.5) is 0 Å². The summed E-state index contributed by atoms with van der Waals surface area (Å²) in [5.74, 6) is 0. The second-order valence-corrected chi connectivity index (χ2v) is 1.34. The molecule has 0 aromatic rings. The third-order valence-corrected chi connectivity index (χ3v) is 0. The molecule has 0 aromatic carbocycles. The summed E-state index contributed by atoms with van der Waals surface area (Å²) >= 11 is 0. The zero-order valence-electron chi connectivity index (χ0n) is 3.58. The minimum Gasteiger partial charge on any atom is -0.822 e. The van der Waals surface area contributed by atoms with Crippen LogP contribution in [0.2, 0.25) is 0 Å². The molecule has 4 nitrogen and oxygen atoms in total. The van der Waals surface area contributed by atoms with Gasteiger partial charge >= 0.3 is 28.7 Å². The number of hydrogen-bond donors (Lipinski definition) is 0. The Morgan fingerprint density at radius 2 is 1.33 bits per heavy atom. The zero-order valence-corrected chi connectivity index (χ0v) is 7.36. The molecule has 34 valence electrons. The molecule has 0 bridgehead atoms. The smallest absolute Gasteiger partial charge is 0.822 e. The van der Waals surface area contributed by atoms with Gasteiger partial charge in [-0.2, -0.15) is 7.82 Å². The molecule has 0 atom stereocenters. The van der Waals surface area contributed by atoms with Crippen molar-refractivity contribution in [2.45, 2.75) is 0 Å². The molecular weight excluding hydrogens is 302 g/mol. The van der Waals surface area contributed by atoms with Gasteiger partial charge in [-0.1, -0.05) is 0 Å². The van der Waals surface area contributed by atoms with Crippen LogP contribution in [0, 0.1) is 0 Å². The van der Waals surface area contributed by atoms with Gasteiger partial charge in [0.25, 0.3) is 0 Å². The minimum atomic E-state index is -5.39. The second-order valence-electron chi connectivity index (χ2n) is 0.447. The third kappa shape index (κ3) is 76.8. The van der Waals surface area contributed by atoms with E-state index in [1.54, 1.807) is 0 Å². The molecule has 0 heterocycles. The molecule has 0 amide bonds. The van der Waals surface area contributed by atoms with Gasteiger partial charge in [0.1, 0.15) is 0 Å². The maximum atomic E-state index is 8.55. The molecule has 0 spiro atoms. The molecule has 0 unspecified atom stereocenters. The molecule has 0 aliphatic rings. The summed E-state index contributed by atoms with van der Waals surface area (Å²) in [5.41, 5.74) is 0. The van der Waals surface area contributed by atoms with Crippen LogP contribution < -0.4 is 14.7 Å². The summed E-state index contributed by atoms with van der Waals surface area (Å²) in [4.78, 5) is 25.6. The summed E-state index contributed by atoms with van der Waals surface area (Å²) < 4.78 is 8.55. The minimum absolute atomic E-state index is 0. The Morgan fingerprint density at radius 3 is 1.33 bits per heavy atom. The van der Waals surface area contributed by atoms with Crippen LogP contribution in [-0.4, -0.2) is 27.3 Å². The largest absolute Gasteiger partial charge is 2.00 e. The summed E-state index contributed by atoms with van der Waals surface area (Å²) in [7, 11) is -5.39. The average molecular weight is 304 g/mol. The Kier molecular flexibility index (Phi) is 5.20. The predicted octanol–water partition coefficient (Wildman–Crippen LogP) is -3.09. The van der Waals surface area contributed by atoms with Crippen molar-refractivity contribution in [1.29, 1.82) is 0 Å². The van der Waals surface area contributed by atoms with E-state index >= 15 is 0 Å². The van der Waals surface area contributed by atoms with E-state index in [-0.39, 0.29) is 28.7 Å². The van der Waals surface area contributed by atoms with Gasteiger partial charge in [-0.25, -0.2) is 0 Å². The zero-order chi connectivity index (χ0) is 4.50. The fourth-order valence-corrected chi connectivity index (χ4v) is 0. The molecule has 6 heavy (non-hydrogen) atoms. The van der Waals surface area contributed by atoms with E-state index < -0.39 is 7.82 Å². The Morgan fingerprint density at radius 1 is 1.33 bits per heavy atom. The first kappa shape index (κ1) is 10.1. The molecule has 0 aromatic heterocycles. The summed E-state index contributed by atoms with van der Waals surface area (Å²) in [6, 6.07) is 0. The Labute approximate surface area is 56.1 Å². The van der Waals surface area contributed by atoms with E-state index in [1.807, 2.05) is 0 Å². The van der Waals surface area contributed by atoms with Gasteiger partial charge < -0.3 is 19.2 Å². The fourth-order valence-electron chi connectivity index (χ4n) is 0. The monoisotopic (exact) mass is 305 g/mol. The van der Waals surface area contributed by atoms with Gasteiger partial charge in [0.05, 0.1) is 0 Å². The molecule has 0 saturated heterocycles. The van der Waals surface area contributed by atoms with E-state index in [0.717, 1.165) is 0 Å². The van der Waals surface area contributed by atoms with Gasteiger partial charge in [-0.15, -0.1) is 0 Å². The van der Waals surface area contributed by atoms with E-state index in [1.165, 1.54) is 0 Å². The molecule has 0 aliphatic heterocycles. The molecule has 6 heteroatoms. The average Bonchev–Trinajstić information content (AvgIpc) is 0.722. The summed E-state index contributed by atoms with van der Waals surface area (Å²) in [5, 5.41) is 0. The van der Waals surface area contributed by atoms with E-state index in [2.05, 4.69) is 0 Å². The third-order valence-electron chi connectivity index (χ3n) is 0. The van der Waals surface area contributed by atoms with E-state index in [0.29, 0.717) is 0 Å². The first-order chi connectivity index (χ1) is 2.00. The van der Waals surface area contributed by atoms with Crippen molar-refractivity contribution in [2.75, 3.05) is 0 Å². The number of phosphoric acid groups is 1. The van der Waals surface area contributed by atoms with Gasteiger partial charge in [0, 0.05) is 0 Å². The van der Waals surface area contributed by atoms with Gasteiger partial charge in [0.15, 0.2) is 0 Å². The number of hydrogen-bond acceptors (Lipinski definition) is 4. The van der Waals surface area contributed by atoms with Crippen LogP contribution in [0.25, 0.3) is 0 Å². The SMILES string of the molecule is O=P([O-])([O-])[O-].[2H+].[Pb+2]. The summed E-state index contributed by atoms with van der Waals surface area (Å²) in [6.45, 7) is 0. The van der Waals surface area contributed by atoms with Crippen LogP contribution in [0.15, 0.2) is 0 Å². The van der Waals surface area contributed by atoms with Gasteiger partial charge in [-0.3, -0.25) is 0 Å². The van der Waals surface area contributed by atoms with E-state index in [4.69, 9.17) is 19.2 Å². The first-order valence-electron chi connectivity index (χ1n) is 0.730. The van der Waals surface area contributed by atoms with Crippen molar-refractivity contribution < 1.29 is 20.7 Å². The van der Waals surface area contributed by atoms with Crippen LogP contribution in [0.5, 0.6) is 0 Å². The number of rotatable bonds is 0. The van der Waals surface area contributed by atoms with Crippen LogP contribution in [0.3, 0.4) is 0 Å². The fraction of sp³-hybridized carbons (Fsp3) is 0. The Bertz CT molecular complexity index is 57.8. The molecule has 0 saturated carbocycles. The standard InChI is InChI=1S/H3O4P.Pb/c1-5(2,3)4;/h(H3,1,2,3,4);/q;+2/p-2/i/hD. The van der Waals surface area contributed by atoms with Crippen molar-refractivity contribution in [1.82, 2.24) is 0 Å².